The molecule has 0 aromatic heterocycles. The largest absolute Gasteiger partial charge is 0.493 e. The van der Waals surface area contributed by atoms with Crippen molar-refractivity contribution in [1.29, 1.82) is 0 Å². The van der Waals surface area contributed by atoms with Crippen molar-refractivity contribution in [3.63, 3.8) is 0 Å². The molecular weight excluding hydrogens is 302 g/mol. The van der Waals surface area contributed by atoms with Gasteiger partial charge in [0, 0.05) is 25.2 Å². The second-order valence-corrected chi connectivity index (χ2v) is 5.34. The Hall–Kier alpha value is -1.99. The first-order valence-electron chi connectivity index (χ1n) is 7.41. The number of hydrogen-bond donors (Lipinski definition) is 1. The highest BCUT2D eigenvalue weighted by Gasteiger charge is 2.26. The normalized spacial score (nSPS) is 19.0. The van der Waals surface area contributed by atoms with Crippen molar-refractivity contribution < 1.29 is 28.8 Å². The first kappa shape index (κ1) is 17.4. The van der Waals surface area contributed by atoms with Crippen LogP contribution in [-0.4, -0.2) is 63.6 Å². The van der Waals surface area contributed by atoms with Crippen molar-refractivity contribution in [1.82, 2.24) is 4.90 Å². The Morgan fingerprint density at radius 2 is 2.00 bits per heavy atom. The summed E-state index contributed by atoms with van der Waals surface area (Å²) < 4.78 is 21.5. The lowest BCUT2D eigenvalue weighted by molar-refractivity contribution is -0.143. The Bertz CT molecular complexity index is 548. The fourth-order valence-electron chi connectivity index (χ4n) is 2.70. The second-order valence-electron chi connectivity index (χ2n) is 5.34. The van der Waals surface area contributed by atoms with Crippen molar-refractivity contribution in [2.24, 2.45) is 5.92 Å². The van der Waals surface area contributed by atoms with E-state index in [0.717, 1.165) is 5.56 Å². The monoisotopic (exact) mass is 325 g/mol. The number of carboxylic acids is 1. The van der Waals surface area contributed by atoms with Crippen LogP contribution in [0.2, 0.25) is 0 Å². The van der Waals surface area contributed by atoms with Crippen molar-refractivity contribution in [3.8, 4) is 17.2 Å². The number of aliphatic carboxylic acids is 1. The van der Waals surface area contributed by atoms with Gasteiger partial charge >= 0.3 is 5.97 Å². The molecule has 7 heteroatoms. The number of ether oxygens (including phenoxy) is 4. The zero-order valence-electron chi connectivity index (χ0n) is 13.7. The van der Waals surface area contributed by atoms with Crippen molar-refractivity contribution in [2.45, 2.75) is 6.54 Å². The standard InChI is InChI=1S/C16H23NO6/c1-20-13-5-4-11(14(21-2)15(13)22-3)8-17-6-7-23-10-12(9-17)16(18)19/h4-5,12H,6-10H2,1-3H3,(H,18,19). The van der Waals surface area contributed by atoms with Crippen molar-refractivity contribution >= 4 is 5.97 Å². The van der Waals surface area contributed by atoms with Crippen LogP contribution in [0.3, 0.4) is 0 Å². The molecule has 1 saturated heterocycles. The van der Waals surface area contributed by atoms with Gasteiger partial charge in [0.1, 0.15) is 0 Å². The van der Waals surface area contributed by atoms with Crippen molar-refractivity contribution in [2.75, 3.05) is 47.6 Å². The highest BCUT2D eigenvalue weighted by atomic mass is 16.5. The topological polar surface area (TPSA) is 77.5 Å². The summed E-state index contributed by atoms with van der Waals surface area (Å²) in [5, 5.41) is 9.23. The molecule has 0 bridgehead atoms. The Morgan fingerprint density at radius 1 is 1.26 bits per heavy atom. The first-order valence-corrected chi connectivity index (χ1v) is 7.41. The number of carbonyl (C=O) groups is 1. The number of nitrogens with zero attached hydrogens (tertiary/aromatic N) is 1. The maximum absolute atomic E-state index is 11.2. The molecule has 0 aliphatic carbocycles. The van der Waals surface area contributed by atoms with Crippen molar-refractivity contribution in [3.05, 3.63) is 17.7 Å². The van der Waals surface area contributed by atoms with Gasteiger partial charge in [0.2, 0.25) is 5.75 Å². The third-order valence-electron chi connectivity index (χ3n) is 3.88. The minimum Gasteiger partial charge on any atom is -0.493 e. The van der Waals surface area contributed by atoms with Gasteiger partial charge < -0.3 is 24.1 Å². The van der Waals surface area contributed by atoms with Gasteiger partial charge in [-0.25, -0.2) is 0 Å². The summed E-state index contributed by atoms with van der Waals surface area (Å²) in [5.74, 6) is 0.368. The maximum Gasteiger partial charge on any atom is 0.310 e. The van der Waals surface area contributed by atoms with Gasteiger partial charge in [-0.15, -0.1) is 0 Å². The molecule has 23 heavy (non-hydrogen) atoms. The molecule has 1 N–H and O–H groups in total. The molecule has 0 saturated carbocycles. The van der Waals surface area contributed by atoms with Crippen LogP contribution in [0.5, 0.6) is 17.2 Å². The molecule has 7 nitrogen and oxygen atoms in total. The van der Waals surface area contributed by atoms with Gasteiger partial charge in [0.05, 0.1) is 40.5 Å². The van der Waals surface area contributed by atoms with Gasteiger partial charge in [-0.2, -0.15) is 0 Å². The lowest BCUT2D eigenvalue weighted by atomic mass is 10.1. The summed E-state index contributed by atoms with van der Waals surface area (Å²) in [5.41, 5.74) is 0.913. The number of rotatable bonds is 6. The molecule has 128 valence electrons. The highest BCUT2D eigenvalue weighted by Crippen LogP contribution is 2.40. The summed E-state index contributed by atoms with van der Waals surface area (Å²) in [4.78, 5) is 13.3. The Kier molecular flexibility index (Phi) is 6.06. The SMILES string of the molecule is COc1ccc(CN2CCOCC(C(=O)O)C2)c(OC)c1OC. The highest BCUT2D eigenvalue weighted by molar-refractivity contribution is 5.70. The van der Waals surface area contributed by atoms with Crippen LogP contribution in [-0.2, 0) is 16.1 Å². The summed E-state index contributed by atoms with van der Waals surface area (Å²) in [6.07, 6.45) is 0. The van der Waals surface area contributed by atoms with E-state index in [4.69, 9.17) is 18.9 Å². The van der Waals surface area contributed by atoms with E-state index in [-0.39, 0.29) is 6.61 Å². The second kappa shape index (κ2) is 8.03. The third kappa shape index (κ3) is 4.05. The van der Waals surface area contributed by atoms with E-state index >= 15 is 0 Å². The van der Waals surface area contributed by atoms with Crippen LogP contribution in [0.4, 0.5) is 0 Å². The van der Waals surface area contributed by atoms with E-state index in [1.54, 1.807) is 21.3 Å². The maximum atomic E-state index is 11.2. The Morgan fingerprint density at radius 3 is 2.61 bits per heavy atom. The molecule has 1 aromatic carbocycles. The molecule has 1 heterocycles. The molecule has 1 atom stereocenters. The lowest BCUT2D eigenvalue weighted by Crippen LogP contribution is -2.33. The Labute approximate surface area is 135 Å². The van der Waals surface area contributed by atoms with Crippen LogP contribution in [0.25, 0.3) is 0 Å². The smallest absolute Gasteiger partial charge is 0.310 e. The third-order valence-corrected chi connectivity index (χ3v) is 3.88. The van der Waals surface area contributed by atoms with Gasteiger partial charge in [-0.05, 0) is 6.07 Å². The summed E-state index contributed by atoms with van der Waals surface area (Å²) in [6, 6.07) is 3.72. The van der Waals surface area contributed by atoms with Crippen LogP contribution in [0.1, 0.15) is 5.56 Å². The average molecular weight is 325 g/mol. The molecule has 0 radical (unpaired) electrons. The van der Waals surface area contributed by atoms with Gasteiger partial charge in [-0.3, -0.25) is 9.69 Å². The number of hydrogen-bond acceptors (Lipinski definition) is 6. The van der Waals surface area contributed by atoms with Gasteiger partial charge in [0.15, 0.2) is 11.5 Å². The van der Waals surface area contributed by atoms with E-state index in [9.17, 15) is 9.90 Å². The molecule has 1 aliphatic heterocycles. The minimum atomic E-state index is -0.837. The van der Waals surface area contributed by atoms with Crippen LogP contribution < -0.4 is 14.2 Å². The van der Waals surface area contributed by atoms with E-state index in [1.165, 1.54) is 0 Å². The molecule has 1 fully saturated rings. The zero-order chi connectivity index (χ0) is 16.8. The fraction of sp³-hybridized carbons (Fsp3) is 0.562. The number of carboxylic acid groups (broad SMARTS) is 1. The summed E-state index contributed by atoms with van der Waals surface area (Å²) >= 11 is 0. The van der Waals surface area contributed by atoms with E-state index in [1.807, 2.05) is 12.1 Å². The lowest BCUT2D eigenvalue weighted by Gasteiger charge is -2.23. The molecule has 1 aliphatic rings. The zero-order valence-corrected chi connectivity index (χ0v) is 13.7. The number of benzene rings is 1. The molecule has 2 rings (SSSR count). The predicted octanol–water partition coefficient (Wildman–Crippen LogP) is 1.25. The van der Waals surface area contributed by atoms with Gasteiger partial charge in [0.25, 0.3) is 0 Å². The predicted molar refractivity (Wildman–Crippen MR) is 83.3 cm³/mol. The molecule has 0 spiro atoms. The first-order chi connectivity index (χ1) is 11.1. The quantitative estimate of drug-likeness (QED) is 0.843. The van der Waals surface area contributed by atoms with E-state index < -0.39 is 11.9 Å². The Balaban J connectivity index is 2.23. The fourth-order valence-corrected chi connectivity index (χ4v) is 2.70. The van der Waals surface area contributed by atoms with E-state index in [0.29, 0.717) is 43.5 Å². The van der Waals surface area contributed by atoms with Gasteiger partial charge in [-0.1, -0.05) is 6.07 Å². The minimum absolute atomic E-state index is 0.245. The number of methoxy groups -OCH3 is 3. The molecule has 1 unspecified atom stereocenters. The van der Waals surface area contributed by atoms with E-state index in [2.05, 4.69) is 4.90 Å². The van der Waals surface area contributed by atoms with Crippen LogP contribution >= 0.6 is 0 Å². The summed E-state index contributed by atoms with van der Waals surface area (Å²) in [6.45, 7) is 2.42. The molecular formula is C16H23NO6. The molecule has 0 amide bonds. The summed E-state index contributed by atoms with van der Waals surface area (Å²) in [7, 11) is 4.71. The van der Waals surface area contributed by atoms with Crippen LogP contribution in [0, 0.1) is 5.92 Å². The van der Waals surface area contributed by atoms with Crippen LogP contribution in [0.15, 0.2) is 12.1 Å². The molecule has 1 aromatic rings. The average Bonchev–Trinajstić information content (AvgIpc) is 2.80.